The van der Waals surface area contributed by atoms with Crippen LogP contribution in [0.5, 0.6) is 5.75 Å². The third-order valence-electron chi connectivity index (χ3n) is 4.83. The van der Waals surface area contributed by atoms with Gasteiger partial charge in [0.2, 0.25) is 5.91 Å². The normalized spacial score (nSPS) is 11.8. The van der Waals surface area contributed by atoms with Crippen LogP contribution in [0, 0.1) is 17.6 Å². The number of phenols is 1. The van der Waals surface area contributed by atoms with Crippen molar-refractivity contribution in [1.29, 1.82) is 0 Å². The van der Waals surface area contributed by atoms with Crippen LogP contribution in [0.2, 0.25) is 0 Å². The first-order valence-corrected chi connectivity index (χ1v) is 9.58. The van der Waals surface area contributed by atoms with Gasteiger partial charge in [0.25, 0.3) is 0 Å². The van der Waals surface area contributed by atoms with Gasteiger partial charge in [-0.25, -0.2) is 8.78 Å². The highest BCUT2D eigenvalue weighted by atomic mass is 19.1. The second-order valence-corrected chi connectivity index (χ2v) is 7.08. The van der Waals surface area contributed by atoms with Crippen LogP contribution in [0.3, 0.4) is 0 Å². The molecule has 0 aliphatic heterocycles. The van der Waals surface area contributed by atoms with Crippen molar-refractivity contribution in [3.8, 4) is 5.75 Å². The zero-order chi connectivity index (χ0) is 20.6. The minimum Gasteiger partial charge on any atom is -0.508 e. The quantitative estimate of drug-likeness (QED) is 0.530. The molecule has 0 radical (unpaired) electrons. The summed E-state index contributed by atoms with van der Waals surface area (Å²) in [6.45, 7) is 0. The number of amides is 1. The number of aromatic hydroxyl groups is 1. The van der Waals surface area contributed by atoms with Crippen molar-refractivity contribution in [1.82, 2.24) is 0 Å². The molecule has 0 saturated carbocycles. The number of hydrogen-bond donors (Lipinski definition) is 2. The predicted octanol–water partition coefficient (Wildman–Crippen LogP) is 5.49. The standard InChI is InChI=1S/C24H23F2NO2/c25-20-8-4-17(5-9-20)2-1-3-19(16-18-6-14-23(28)15-7-18)24(29)27-22-12-10-21(26)11-13-22/h4-15,19,28H,1-3,16H2,(H,27,29)/t19-/m1/s1. The molecular weight excluding hydrogens is 372 g/mol. The number of carbonyl (C=O) groups excluding carboxylic acids is 1. The minimum atomic E-state index is -0.358. The van der Waals surface area contributed by atoms with Gasteiger partial charge in [-0.2, -0.15) is 0 Å². The minimum absolute atomic E-state index is 0.135. The van der Waals surface area contributed by atoms with Crippen LogP contribution >= 0.6 is 0 Å². The van der Waals surface area contributed by atoms with E-state index in [1.807, 2.05) is 0 Å². The maximum atomic E-state index is 13.1. The van der Waals surface area contributed by atoms with E-state index in [0.717, 1.165) is 24.0 Å². The van der Waals surface area contributed by atoms with E-state index in [-0.39, 0.29) is 29.2 Å². The first-order chi connectivity index (χ1) is 14.0. The number of benzene rings is 3. The average Bonchev–Trinajstić information content (AvgIpc) is 2.72. The Balaban J connectivity index is 1.65. The maximum Gasteiger partial charge on any atom is 0.227 e. The number of anilines is 1. The van der Waals surface area contributed by atoms with E-state index >= 15 is 0 Å². The molecule has 0 aliphatic carbocycles. The summed E-state index contributed by atoms with van der Waals surface area (Å²) in [5.41, 5.74) is 2.52. The van der Waals surface area contributed by atoms with Crippen molar-refractivity contribution < 1.29 is 18.7 Å². The third kappa shape index (κ3) is 6.42. The van der Waals surface area contributed by atoms with Crippen molar-refractivity contribution in [3.63, 3.8) is 0 Å². The van der Waals surface area contributed by atoms with Crippen molar-refractivity contribution in [3.05, 3.63) is 95.6 Å². The van der Waals surface area contributed by atoms with Gasteiger partial charge in [0.1, 0.15) is 17.4 Å². The Bertz CT molecular complexity index is 923. The van der Waals surface area contributed by atoms with Crippen LogP contribution < -0.4 is 5.32 Å². The first-order valence-electron chi connectivity index (χ1n) is 9.58. The van der Waals surface area contributed by atoms with E-state index in [4.69, 9.17) is 0 Å². The van der Waals surface area contributed by atoms with Gasteiger partial charge in [-0.3, -0.25) is 4.79 Å². The molecule has 0 heterocycles. The lowest BCUT2D eigenvalue weighted by Gasteiger charge is -2.17. The van der Waals surface area contributed by atoms with Crippen LogP contribution in [-0.2, 0) is 17.6 Å². The summed E-state index contributed by atoms with van der Waals surface area (Å²) in [6.07, 6.45) is 2.68. The summed E-state index contributed by atoms with van der Waals surface area (Å²) in [4.78, 5) is 12.9. The number of phenolic OH excluding ortho intramolecular Hbond substituents is 1. The van der Waals surface area contributed by atoms with E-state index in [1.54, 1.807) is 36.4 Å². The Hall–Kier alpha value is -3.21. The Morgan fingerprint density at radius 2 is 1.38 bits per heavy atom. The number of carbonyl (C=O) groups is 1. The summed E-state index contributed by atoms with van der Waals surface area (Å²) < 4.78 is 26.2. The van der Waals surface area contributed by atoms with Crippen LogP contribution in [0.15, 0.2) is 72.8 Å². The third-order valence-corrected chi connectivity index (χ3v) is 4.83. The van der Waals surface area contributed by atoms with Gasteiger partial charge in [0.05, 0.1) is 0 Å². The molecule has 0 aromatic heterocycles. The zero-order valence-electron chi connectivity index (χ0n) is 15.9. The largest absolute Gasteiger partial charge is 0.508 e. The lowest BCUT2D eigenvalue weighted by atomic mass is 9.92. The maximum absolute atomic E-state index is 13.1. The Morgan fingerprint density at radius 3 is 2.00 bits per heavy atom. The molecular formula is C24H23F2NO2. The van der Waals surface area contributed by atoms with Gasteiger partial charge in [-0.05, 0) is 85.3 Å². The number of rotatable bonds is 8. The highest BCUT2D eigenvalue weighted by molar-refractivity contribution is 5.92. The lowest BCUT2D eigenvalue weighted by molar-refractivity contribution is -0.120. The number of nitrogens with one attached hydrogen (secondary N) is 1. The van der Waals surface area contributed by atoms with E-state index in [9.17, 15) is 18.7 Å². The fraction of sp³-hybridized carbons (Fsp3) is 0.208. The molecule has 0 fully saturated rings. The summed E-state index contributed by atoms with van der Waals surface area (Å²) in [7, 11) is 0. The summed E-state index contributed by atoms with van der Waals surface area (Å²) in [6, 6.07) is 18.8. The van der Waals surface area contributed by atoms with E-state index in [2.05, 4.69) is 5.32 Å². The van der Waals surface area contributed by atoms with Crippen molar-refractivity contribution in [2.45, 2.75) is 25.7 Å². The van der Waals surface area contributed by atoms with Crippen molar-refractivity contribution in [2.75, 3.05) is 5.32 Å². The molecule has 5 heteroatoms. The van der Waals surface area contributed by atoms with Gasteiger partial charge in [0.15, 0.2) is 0 Å². The fourth-order valence-electron chi connectivity index (χ4n) is 3.22. The van der Waals surface area contributed by atoms with Gasteiger partial charge in [0, 0.05) is 11.6 Å². The van der Waals surface area contributed by atoms with E-state index < -0.39 is 0 Å². The first kappa shape index (κ1) is 20.5. The van der Waals surface area contributed by atoms with Crippen LogP contribution in [0.25, 0.3) is 0 Å². The molecule has 150 valence electrons. The van der Waals surface area contributed by atoms with Gasteiger partial charge in [-0.1, -0.05) is 24.3 Å². The molecule has 0 spiro atoms. The Morgan fingerprint density at radius 1 is 0.828 bits per heavy atom. The lowest BCUT2D eigenvalue weighted by Crippen LogP contribution is -2.25. The Labute approximate surface area is 169 Å². The number of halogens is 2. The molecule has 1 atom stereocenters. The van der Waals surface area contributed by atoms with Gasteiger partial charge < -0.3 is 10.4 Å². The highest BCUT2D eigenvalue weighted by Gasteiger charge is 2.19. The molecule has 2 N–H and O–H groups in total. The number of hydrogen-bond acceptors (Lipinski definition) is 2. The molecule has 3 aromatic carbocycles. The molecule has 3 aromatic rings. The van der Waals surface area contributed by atoms with Gasteiger partial charge >= 0.3 is 0 Å². The second-order valence-electron chi connectivity index (χ2n) is 7.08. The molecule has 3 rings (SSSR count). The molecule has 1 amide bonds. The molecule has 0 unspecified atom stereocenters. The highest BCUT2D eigenvalue weighted by Crippen LogP contribution is 2.21. The molecule has 0 saturated heterocycles. The van der Waals surface area contributed by atoms with Crippen LogP contribution in [0.1, 0.15) is 24.0 Å². The summed E-state index contributed by atoms with van der Waals surface area (Å²) in [5, 5.41) is 12.3. The SMILES string of the molecule is O=C(Nc1ccc(F)cc1)[C@H](CCCc1ccc(F)cc1)Cc1ccc(O)cc1. The van der Waals surface area contributed by atoms with E-state index in [1.165, 1.54) is 36.4 Å². The Kier molecular flexibility index (Phi) is 6.95. The average molecular weight is 395 g/mol. The molecule has 3 nitrogen and oxygen atoms in total. The van der Waals surface area contributed by atoms with Crippen molar-refractivity contribution in [2.24, 2.45) is 5.92 Å². The second kappa shape index (κ2) is 9.82. The molecule has 29 heavy (non-hydrogen) atoms. The predicted molar refractivity (Wildman–Crippen MR) is 110 cm³/mol. The monoisotopic (exact) mass is 395 g/mol. The van der Waals surface area contributed by atoms with E-state index in [0.29, 0.717) is 18.5 Å². The summed E-state index contributed by atoms with van der Waals surface area (Å²) >= 11 is 0. The molecule has 0 aliphatic rings. The molecule has 0 bridgehead atoms. The summed E-state index contributed by atoms with van der Waals surface area (Å²) in [5.74, 6) is -0.869. The number of aryl methyl sites for hydroxylation is 1. The van der Waals surface area contributed by atoms with Crippen LogP contribution in [0.4, 0.5) is 14.5 Å². The zero-order valence-corrected chi connectivity index (χ0v) is 15.9. The smallest absolute Gasteiger partial charge is 0.227 e. The fourth-order valence-corrected chi connectivity index (χ4v) is 3.22. The topological polar surface area (TPSA) is 49.3 Å². The van der Waals surface area contributed by atoms with Gasteiger partial charge in [-0.15, -0.1) is 0 Å². The van der Waals surface area contributed by atoms with Crippen molar-refractivity contribution >= 4 is 11.6 Å². The van der Waals surface area contributed by atoms with Crippen LogP contribution in [-0.4, -0.2) is 11.0 Å².